The zero-order valence-electron chi connectivity index (χ0n) is 24.6. The van der Waals surface area contributed by atoms with Crippen molar-refractivity contribution in [3.8, 4) is 11.3 Å². The fourth-order valence-corrected chi connectivity index (χ4v) is 6.64. The summed E-state index contributed by atoms with van der Waals surface area (Å²) in [4.78, 5) is 24.9. The van der Waals surface area contributed by atoms with Crippen molar-refractivity contribution in [2.45, 2.75) is 44.8 Å². The second-order valence-electron chi connectivity index (χ2n) is 11.8. The maximum absolute atomic E-state index is 15.3. The van der Waals surface area contributed by atoms with Crippen LogP contribution in [-0.4, -0.2) is 69.0 Å². The molecular formula is C31H35F2N7O3. The second-order valence-corrected chi connectivity index (χ2v) is 11.8. The first-order valence-electron chi connectivity index (χ1n) is 14.4. The third-order valence-electron chi connectivity index (χ3n) is 8.88. The number of piperidine rings is 1. The van der Waals surface area contributed by atoms with Crippen LogP contribution in [0.15, 0.2) is 48.9 Å². The number of aliphatic hydroxyl groups is 1. The maximum Gasteiger partial charge on any atom is 0.409 e. The number of rotatable bonds is 6. The number of ether oxygens (including phenoxy) is 1. The molecule has 1 aliphatic carbocycles. The Bertz CT molecular complexity index is 1640. The minimum absolute atomic E-state index is 0.0206. The molecule has 1 aliphatic heterocycles. The van der Waals surface area contributed by atoms with Crippen molar-refractivity contribution >= 4 is 28.9 Å². The van der Waals surface area contributed by atoms with Crippen LogP contribution in [0.3, 0.4) is 0 Å². The lowest BCUT2D eigenvalue weighted by Gasteiger charge is -2.46. The van der Waals surface area contributed by atoms with E-state index in [0.717, 1.165) is 12.1 Å². The van der Waals surface area contributed by atoms with Crippen LogP contribution in [0.1, 0.15) is 38.7 Å². The van der Waals surface area contributed by atoms with Crippen molar-refractivity contribution in [3.05, 3.63) is 66.1 Å². The van der Waals surface area contributed by atoms with Crippen LogP contribution in [0.25, 0.3) is 16.8 Å². The molecule has 1 saturated heterocycles. The fourth-order valence-electron chi connectivity index (χ4n) is 6.64. The summed E-state index contributed by atoms with van der Waals surface area (Å²) in [6.07, 6.45) is 6.47. The Morgan fingerprint density at radius 2 is 1.81 bits per heavy atom. The Morgan fingerprint density at radius 3 is 2.44 bits per heavy atom. The van der Waals surface area contributed by atoms with Crippen LogP contribution in [-0.2, 0) is 10.3 Å². The number of carbonyl (C=O) groups excluding carboxylic acids is 1. The molecule has 2 fully saturated rings. The van der Waals surface area contributed by atoms with Crippen molar-refractivity contribution in [3.63, 3.8) is 0 Å². The summed E-state index contributed by atoms with van der Waals surface area (Å²) in [6.45, 7) is 5.63. The molecule has 3 atom stereocenters. The zero-order valence-corrected chi connectivity index (χ0v) is 24.6. The van der Waals surface area contributed by atoms with Gasteiger partial charge in [0.15, 0.2) is 0 Å². The number of fused-ring (bicyclic) bond motifs is 1. The van der Waals surface area contributed by atoms with E-state index < -0.39 is 17.2 Å². The Hall–Kier alpha value is -4.32. The summed E-state index contributed by atoms with van der Waals surface area (Å²) >= 11 is 0. The molecule has 6 rings (SSSR count). The second kappa shape index (κ2) is 11.1. The van der Waals surface area contributed by atoms with E-state index in [2.05, 4.69) is 39.1 Å². The number of aromatic nitrogens is 4. The molecule has 3 aromatic heterocycles. The number of imidazole rings is 1. The van der Waals surface area contributed by atoms with Gasteiger partial charge in [-0.2, -0.15) is 9.61 Å². The molecule has 1 aromatic carbocycles. The minimum Gasteiger partial charge on any atom is -0.453 e. The van der Waals surface area contributed by atoms with Crippen molar-refractivity contribution in [2.24, 2.45) is 11.8 Å². The lowest BCUT2D eigenvalue weighted by Crippen LogP contribution is -2.55. The predicted octanol–water partition coefficient (Wildman–Crippen LogP) is 5.34. The Kier molecular flexibility index (Phi) is 7.41. The molecule has 4 heterocycles. The van der Waals surface area contributed by atoms with Gasteiger partial charge >= 0.3 is 6.09 Å². The minimum atomic E-state index is -1.18. The summed E-state index contributed by atoms with van der Waals surface area (Å²) in [5.74, 6) is -0.890. The number of pyridine rings is 1. The maximum atomic E-state index is 15.3. The Morgan fingerprint density at radius 1 is 1.12 bits per heavy atom. The summed E-state index contributed by atoms with van der Waals surface area (Å²) in [5, 5.41) is 18.4. The molecule has 4 aromatic rings. The molecule has 43 heavy (non-hydrogen) atoms. The third kappa shape index (κ3) is 5.13. The zero-order chi connectivity index (χ0) is 30.5. The molecule has 1 amide bonds. The number of hydrogen-bond acceptors (Lipinski definition) is 8. The number of amides is 1. The first kappa shape index (κ1) is 28.8. The highest BCUT2D eigenvalue weighted by Crippen LogP contribution is 2.42. The number of anilines is 3. The van der Waals surface area contributed by atoms with Gasteiger partial charge in [0.05, 0.1) is 53.3 Å². The van der Waals surface area contributed by atoms with E-state index in [9.17, 15) is 9.90 Å². The van der Waals surface area contributed by atoms with E-state index in [1.54, 1.807) is 42.7 Å². The summed E-state index contributed by atoms with van der Waals surface area (Å²) in [7, 11) is 3.16. The van der Waals surface area contributed by atoms with Crippen LogP contribution < -0.4 is 10.2 Å². The number of nitrogens with one attached hydrogen (secondary N) is 1. The molecule has 226 valence electrons. The molecule has 1 unspecified atom stereocenters. The Balaban J connectivity index is 1.28. The smallest absolute Gasteiger partial charge is 0.409 e. The molecular weight excluding hydrogens is 556 g/mol. The van der Waals surface area contributed by atoms with E-state index in [1.165, 1.54) is 23.8 Å². The largest absolute Gasteiger partial charge is 0.453 e. The average Bonchev–Trinajstić information content (AvgIpc) is 3.36. The lowest BCUT2D eigenvalue weighted by atomic mass is 9.75. The molecule has 12 heteroatoms. The van der Waals surface area contributed by atoms with E-state index in [-0.39, 0.29) is 40.8 Å². The van der Waals surface area contributed by atoms with Crippen LogP contribution >= 0.6 is 0 Å². The van der Waals surface area contributed by atoms with E-state index in [4.69, 9.17) is 4.74 Å². The topological polar surface area (TPSA) is 108 Å². The summed E-state index contributed by atoms with van der Waals surface area (Å²) in [5.41, 5.74) is 1.13. The molecule has 0 radical (unpaired) electrons. The highest BCUT2D eigenvalue weighted by molar-refractivity contribution is 5.74. The van der Waals surface area contributed by atoms with Crippen LogP contribution in [0.5, 0.6) is 0 Å². The first-order chi connectivity index (χ1) is 20.6. The van der Waals surface area contributed by atoms with Gasteiger partial charge in [0.1, 0.15) is 11.6 Å². The van der Waals surface area contributed by atoms with E-state index >= 15 is 8.78 Å². The van der Waals surface area contributed by atoms with Crippen LogP contribution in [0.2, 0.25) is 0 Å². The van der Waals surface area contributed by atoms with Gasteiger partial charge in [0.2, 0.25) is 5.95 Å². The molecule has 1 saturated carbocycles. The van der Waals surface area contributed by atoms with Crippen molar-refractivity contribution < 1.29 is 23.4 Å². The van der Waals surface area contributed by atoms with Crippen molar-refractivity contribution in [1.29, 1.82) is 0 Å². The number of carbonyl (C=O) groups is 1. The van der Waals surface area contributed by atoms with Crippen LogP contribution in [0.4, 0.5) is 30.9 Å². The van der Waals surface area contributed by atoms with Gasteiger partial charge in [-0.15, -0.1) is 0 Å². The highest BCUT2D eigenvalue weighted by atomic mass is 19.1. The van der Waals surface area contributed by atoms with E-state index in [0.29, 0.717) is 43.1 Å². The molecule has 10 nitrogen and oxygen atoms in total. The number of halogens is 2. The van der Waals surface area contributed by atoms with Gasteiger partial charge < -0.3 is 25.0 Å². The number of methoxy groups -OCH3 is 1. The van der Waals surface area contributed by atoms with Crippen molar-refractivity contribution in [1.82, 2.24) is 24.5 Å². The molecule has 2 aliphatic rings. The van der Waals surface area contributed by atoms with Gasteiger partial charge in [-0.25, -0.2) is 18.6 Å². The average molecular weight is 592 g/mol. The van der Waals surface area contributed by atoms with Gasteiger partial charge in [-0.3, -0.25) is 4.98 Å². The first-order valence-corrected chi connectivity index (χ1v) is 14.4. The molecule has 0 bridgehead atoms. The quantitative estimate of drug-likeness (QED) is 0.309. The van der Waals surface area contributed by atoms with Gasteiger partial charge in [0, 0.05) is 32.4 Å². The van der Waals surface area contributed by atoms with Crippen LogP contribution in [0, 0.1) is 23.5 Å². The number of nitrogens with zero attached hydrogens (tertiary/aromatic N) is 6. The SMILES string of the molecule is COC(=O)N(C)C1[C@H](C)CN(c2ccncc2Nc2ncc3ccc(-c4c(F)cc(C5(O)CCC5)cc4F)nn23)C[C@@H]1C. The van der Waals surface area contributed by atoms with Gasteiger partial charge in [-0.05, 0) is 67.0 Å². The lowest BCUT2D eigenvalue weighted by molar-refractivity contribution is -0.0392. The summed E-state index contributed by atoms with van der Waals surface area (Å²) in [6, 6.07) is 7.59. The number of hydrogen-bond donors (Lipinski definition) is 2. The highest BCUT2D eigenvalue weighted by Gasteiger charge is 2.38. The third-order valence-corrected chi connectivity index (χ3v) is 8.88. The number of benzene rings is 1. The molecule has 2 N–H and O–H groups in total. The predicted molar refractivity (Wildman–Crippen MR) is 158 cm³/mol. The van der Waals surface area contributed by atoms with Gasteiger partial charge in [-0.1, -0.05) is 13.8 Å². The fraction of sp³-hybridized carbons (Fsp3) is 0.419. The molecule has 0 spiro atoms. The Labute approximate surface area is 248 Å². The summed E-state index contributed by atoms with van der Waals surface area (Å²) < 4.78 is 37.0. The normalized spacial score (nSPS) is 21.4. The van der Waals surface area contributed by atoms with E-state index in [1.807, 2.05) is 6.07 Å². The standard InChI is InChI=1S/C31H35F2N7O3/c1-18-16-39(17-19(2)28(18)38(3)30(41)43-4)26-8-11-34-15-25(26)36-29-35-14-21-6-7-24(37-40(21)29)27-22(32)12-20(13-23(27)33)31(42)9-5-10-31/h6-8,11-15,18-19,28,42H,5,9-10,16-17H2,1-4H3,(H,35,36)/t18-,19+,28?. The van der Waals surface area contributed by atoms with Crippen molar-refractivity contribution in [2.75, 3.05) is 37.5 Å². The van der Waals surface area contributed by atoms with Gasteiger partial charge in [0.25, 0.3) is 0 Å². The monoisotopic (exact) mass is 591 g/mol.